The second kappa shape index (κ2) is 10.1. The summed E-state index contributed by atoms with van der Waals surface area (Å²) in [6.45, 7) is 8.16. The average Bonchev–Trinajstić information content (AvgIpc) is 3.13. The number of thioether (sulfide) groups is 1. The Labute approximate surface area is 179 Å². The lowest BCUT2D eigenvalue weighted by atomic mass is 10.2. The van der Waals surface area contributed by atoms with Gasteiger partial charge in [0.25, 0.3) is 0 Å². The number of halogens is 1. The number of aromatic nitrogens is 3. The Morgan fingerprint density at radius 2 is 2.00 bits per heavy atom. The van der Waals surface area contributed by atoms with Crippen LogP contribution in [-0.4, -0.2) is 26.4 Å². The molecule has 0 spiro atoms. The highest BCUT2D eigenvalue weighted by molar-refractivity contribution is 7.99. The molecule has 0 saturated carbocycles. The Hall–Kier alpha value is -3.13. The number of hydrogen-bond acceptors (Lipinski definition) is 5. The van der Waals surface area contributed by atoms with Gasteiger partial charge in [0.05, 0.1) is 11.4 Å². The van der Waals surface area contributed by atoms with Gasteiger partial charge in [-0.15, -0.1) is 16.8 Å². The predicted molar refractivity (Wildman–Crippen MR) is 116 cm³/mol. The lowest BCUT2D eigenvalue weighted by Gasteiger charge is -2.16. The second-order valence-electron chi connectivity index (χ2n) is 6.63. The van der Waals surface area contributed by atoms with Gasteiger partial charge in [-0.05, 0) is 38.1 Å². The predicted octanol–water partition coefficient (Wildman–Crippen LogP) is 4.78. The van der Waals surface area contributed by atoms with Crippen molar-refractivity contribution in [1.82, 2.24) is 14.8 Å². The number of nitrogens with zero attached hydrogens (tertiary/aromatic N) is 3. The normalized spacial score (nSPS) is 11.7. The van der Waals surface area contributed by atoms with E-state index in [2.05, 4.69) is 22.1 Å². The van der Waals surface area contributed by atoms with E-state index in [-0.39, 0.29) is 23.5 Å². The molecule has 8 heteroatoms. The van der Waals surface area contributed by atoms with E-state index in [1.807, 2.05) is 42.7 Å². The maximum absolute atomic E-state index is 13.7. The monoisotopic (exact) mass is 426 g/mol. The van der Waals surface area contributed by atoms with Crippen molar-refractivity contribution in [1.29, 1.82) is 0 Å². The van der Waals surface area contributed by atoms with E-state index in [1.54, 1.807) is 18.2 Å². The summed E-state index contributed by atoms with van der Waals surface area (Å²) in [5, 5.41) is 11.6. The summed E-state index contributed by atoms with van der Waals surface area (Å²) < 4.78 is 21.5. The van der Waals surface area contributed by atoms with Crippen LogP contribution in [0.2, 0.25) is 0 Å². The Morgan fingerprint density at radius 3 is 2.70 bits per heavy atom. The summed E-state index contributed by atoms with van der Waals surface area (Å²) in [6.07, 6.45) is 1.39. The average molecular weight is 427 g/mol. The molecule has 0 aliphatic carbocycles. The molecule has 1 N–H and O–H groups in total. The largest absolute Gasteiger partial charge is 0.483 e. The third-order valence-corrected chi connectivity index (χ3v) is 5.20. The topological polar surface area (TPSA) is 69.0 Å². The van der Waals surface area contributed by atoms with Gasteiger partial charge >= 0.3 is 0 Å². The molecular weight excluding hydrogens is 403 g/mol. The Morgan fingerprint density at radius 1 is 1.27 bits per heavy atom. The third kappa shape index (κ3) is 5.48. The van der Waals surface area contributed by atoms with Crippen LogP contribution in [0.5, 0.6) is 5.75 Å². The summed E-state index contributed by atoms with van der Waals surface area (Å²) in [6, 6.07) is 13.8. The first-order valence-corrected chi connectivity index (χ1v) is 10.4. The smallest absolute Gasteiger partial charge is 0.234 e. The Bertz CT molecular complexity index is 1020. The molecule has 0 saturated heterocycles. The van der Waals surface area contributed by atoms with E-state index in [9.17, 15) is 9.18 Å². The molecule has 0 fully saturated rings. The van der Waals surface area contributed by atoms with E-state index < -0.39 is 5.82 Å². The van der Waals surface area contributed by atoms with Crippen LogP contribution in [0, 0.1) is 12.7 Å². The van der Waals surface area contributed by atoms with Crippen molar-refractivity contribution in [3.63, 3.8) is 0 Å². The zero-order valence-corrected chi connectivity index (χ0v) is 17.7. The lowest BCUT2D eigenvalue weighted by Crippen LogP contribution is -2.16. The van der Waals surface area contributed by atoms with Crippen molar-refractivity contribution in [3.8, 4) is 5.75 Å². The van der Waals surface area contributed by atoms with Gasteiger partial charge in [-0.25, -0.2) is 4.39 Å². The quantitative estimate of drug-likeness (QED) is 0.394. The molecule has 0 radical (unpaired) electrons. The van der Waals surface area contributed by atoms with Crippen LogP contribution in [0.4, 0.5) is 10.1 Å². The van der Waals surface area contributed by atoms with Crippen LogP contribution in [0.25, 0.3) is 0 Å². The highest BCUT2D eigenvalue weighted by atomic mass is 32.2. The van der Waals surface area contributed by atoms with E-state index in [0.717, 1.165) is 11.3 Å². The van der Waals surface area contributed by atoms with Gasteiger partial charge < -0.3 is 10.1 Å². The van der Waals surface area contributed by atoms with Crippen molar-refractivity contribution in [2.75, 3.05) is 11.1 Å². The number of ether oxygens (including phenoxy) is 1. The number of rotatable bonds is 9. The van der Waals surface area contributed by atoms with Crippen LogP contribution < -0.4 is 10.1 Å². The lowest BCUT2D eigenvalue weighted by molar-refractivity contribution is -0.113. The van der Waals surface area contributed by atoms with Crippen molar-refractivity contribution in [2.24, 2.45) is 0 Å². The summed E-state index contributed by atoms with van der Waals surface area (Å²) in [4.78, 5) is 12.2. The Balaban J connectivity index is 1.67. The van der Waals surface area contributed by atoms with E-state index in [0.29, 0.717) is 17.5 Å². The minimum Gasteiger partial charge on any atom is -0.483 e. The van der Waals surface area contributed by atoms with Gasteiger partial charge in [0.15, 0.2) is 17.1 Å². The van der Waals surface area contributed by atoms with E-state index in [4.69, 9.17) is 4.74 Å². The molecule has 30 heavy (non-hydrogen) atoms. The fraction of sp³-hybridized carbons (Fsp3) is 0.227. The number of nitrogens with one attached hydrogen (secondary N) is 1. The van der Waals surface area contributed by atoms with Gasteiger partial charge in [0.1, 0.15) is 11.6 Å². The van der Waals surface area contributed by atoms with E-state index in [1.165, 1.54) is 23.9 Å². The highest BCUT2D eigenvalue weighted by Crippen LogP contribution is 2.25. The first-order chi connectivity index (χ1) is 14.5. The number of anilines is 1. The SMILES string of the molecule is C=CCn1c(SCC(=O)Nc2ccccc2F)nnc1C(C)Oc1ccc(C)cc1. The highest BCUT2D eigenvalue weighted by Gasteiger charge is 2.20. The van der Waals surface area contributed by atoms with Gasteiger partial charge in [0.2, 0.25) is 5.91 Å². The maximum Gasteiger partial charge on any atom is 0.234 e. The van der Waals surface area contributed by atoms with Crippen molar-refractivity contribution < 1.29 is 13.9 Å². The van der Waals surface area contributed by atoms with Crippen LogP contribution in [0.15, 0.2) is 66.3 Å². The molecule has 6 nitrogen and oxygen atoms in total. The molecule has 0 bridgehead atoms. The van der Waals surface area contributed by atoms with Gasteiger partial charge in [-0.3, -0.25) is 9.36 Å². The molecule has 1 heterocycles. The molecule has 1 atom stereocenters. The minimum atomic E-state index is -0.477. The number of hydrogen-bond donors (Lipinski definition) is 1. The number of benzene rings is 2. The van der Waals surface area contributed by atoms with Crippen LogP contribution in [0.3, 0.4) is 0 Å². The van der Waals surface area contributed by atoms with Gasteiger partial charge in [-0.2, -0.15) is 0 Å². The second-order valence-corrected chi connectivity index (χ2v) is 7.57. The standard InChI is InChI=1S/C22H23FN4O2S/c1-4-13-27-21(16(3)29-17-11-9-15(2)10-12-17)25-26-22(27)30-14-20(28)24-19-8-6-5-7-18(19)23/h4-12,16H,1,13-14H2,2-3H3,(H,24,28). The van der Waals surface area contributed by atoms with Crippen molar-refractivity contribution in [2.45, 2.75) is 31.7 Å². The summed E-state index contributed by atoms with van der Waals surface area (Å²) in [5.41, 5.74) is 1.30. The van der Waals surface area contributed by atoms with Crippen LogP contribution in [0.1, 0.15) is 24.4 Å². The molecule has 1 aromatic heterocycles. The Kier molecular flexibility index (Phi) is 7.24. The first-order valence-electron chi connectivity index (χ1n) is 9.42. The number of allylic oxidation sites excluding steroid dienone is 1. The fourth-order valence-electron chi connectivity index (χ4n) is 2.76. The van der Waals surface area contributed by atoms with Gasteiger partial charge in [-0.1, -0.05) is 47.7 Å². The molecule has 1 amide bonds. The number of carbonyl (C=O) groups is 1. The molecule has 156 valence electrons. The zero-order chi connectivity index (χ0) is 21.5. The number of aryl methyl sites for hydroxylation is 1. The first kappa shape index (κ1) is 21.6. The van der Waals surface area contributed by atoms with E-state index >= 15 is 0 Å². The molecule has 0 aliphatic heterocycles. The molecule has 3 aromatic rings. The van der Waals surface area contributed by atoms with Crippen molar-refractivity contribution >= 4 is 23.4 Å². The van der Waals surface area contributed by atoms with Crippen LogP contribution in [-0.2, 0) is 11.3 Å². The molecule has 3 rings (SSSR count). The molecule has 0 aliphatic rings. The van der Waals surface area contributed by atoms with Gasteiger partial charge in [0, 0.05) is 6.54 Å². The molecular formula is C22H23FN4O2S. The fourth-order valence-corrected chi connectivity index (χ4v) is 3.52. The van der Waals surface area contributed by atoms with Crippen molar-refractivity contribution in [3.05, 3.63) is 78.4 Å². The molecule has 1 unspecified atom stereocenters. The maximum atomic E-state index is 13.7. The molecule has 2 aromatic carbocycles. The number of amides is 1. The summed E-state index contributed by atoms with van der Waals surface area (Å²) >= 11 is 1.22. The summed E-state index contributed by atoms with van der Waals surface area (Å²) in [5.74, 6) is 0.627. The minimum absolute atomic E-state index is 0.0663. The summed E-state index contributed by atoms with van der Waals surface area (Å²) in [7, 11) is 0. The third-order valence-electron chi connectivity index (χ3n) is 4.23. The number of carbonyl (C=O) groups excluding carboxylic acids is 1. The zero-order valence-electron chi connectivity index (χ0n) is 16.8. The number of para-hydroxylation sites is 1. The van der Waals surface area contributed by atoms with Crippen LogP contribution >= 0.6 is 11.8 Å².